The molecule has 4 nitrogen and oxygen atoms in total. The van der Waals surface area contributed by atoms with Crippen molar-refractivity contribution in [2.75, 3.05) is 5.32 Å². The van der Waals surface area contributed by atoms with Crippen LogP contribution in [0.3, 0.4) is 0 Å². The van der Waals surface area contributed by atoms with Crippen LogP contribution >= 0.6 is 0 Å². The SMILES string of the molecule is Cc1n[nH]c(C)c1NCc1cccc2cnccc12. The molecule has 2 aromatic heterocycles. The Hall–Kier alpha value is -2.36. The van der Waals surface area contributed by atoms with Crippen LogP contribution in [0.25, 0.3) is 10.8 Å². The van der Waals surface area contributed by atoms with Crippen molar-refractivity contribution in [3.05, 3.63) is 53.6 Å². The second-order valence-corrected chi connectivity index (χ2v) is 4.68. The van der Waals surface area contributed by atoms with E-state index in [1.165, 1.54) is 16.3 Å². The Bertz CT molecular complexity index is 690. The third kappa shape index (κ3) is 2.17. The zero-order valence-electron chi connectivity index (χ0n) is 11.1. The van der Waals surface area contributed by atoms with Crippen LogP contribution in [-0.4, -0.2) is 15.2 Å². The maximum Gasteiger partial charge on any atom is 0.0825 e. The van der Waals surface area contributed by atoms with Gasteiger partial charge < -0.3 is 5.32 Å². The molecule has 0 spiro atoms. The van der Waals surface area contributed by atoms with Crippen LogP contribution in [0.4, 0.5) is 5.69 Å². The van der Waals surface area contributed by atoms with E-state index >= 15 is 0 Å². The standard InChI is InChI=1S/C15H16N4/c1-10-15(11(2)19-18-10)17-9-13-5-3-4-12-8-16-7-6-14(12)13/h3-8,17H,9H2,1-2H3,(H,18,19). The summed E-state index contributed by atoms with van der Waals surface area (Å²) in [5.74, 6) is 0. The van der Waals surface area contributed by atoms with Crippen LogP contribution in [0.15, 0.2) is 36.7 Å². The summed E-state index contributed by atoms with van der Waals surface area (Å²) in [5.41, 5.74) is 4.42. The fourth-order valence-electron chi connectivity index (χ4n) is 2.34. The molecule has 3 rings (SSSR count). The molecule has 4 heteroatoms. The van der Waals surface area contributed by atoms with Gasteiger partial charge in [0.05, 0.1) is 17.1 Å². The highest BCUT2D eigenvalue weighted by Gasteiger charge is 2.06. The fraction of sp³-hybridized carbons (Fsp3) is 0.200. The minimum absolute atomic E-state index is 0.780. The first-order valence-electron chi connectivity index (χ1n) is 6.33. The Morgan fingerprint density at radius 1 is 1.21 bits per heavy atom. The topological polar surface area (TPSA) is 53.6 Å². The summed E-state index contributed by atoms with van der Waals surface area (Å²) in [5, 5.41) is 13.0. The lowest BCUT2D eigenvalue weighted by atomic mass is 10.1. The number of aromatic amines is 1. The van der Waals surface area contributed by atoms with Crippen LogP contribution in [0.2, 0.25) is 0 Å². The zero-order valence-corrected chi connectivity index (χ0v) is 11.1. The van der Waals surface area contributed by atoms with E-state index < -0.39 is 0 Å². The second kappa shape index (κ2) is 4.72. The number of anilines is 1. The van der Waals surface area contributed by atoms with Crippen molar-refractivity contribution in [1.82, 2.24) is 15.2 Å². The number of H-pyrrole nitrogens is 1. The summed E-state index contributed by atoms with van der Waals surface area (Å²) in [6.07, 6.45) is 3.73. The Morgan fingerprint density at radius 3 is 2.89 bits per heavy atom. The number of nitrogens with zero attached hydrogens (tertiary/aromatic N) is 2. The van der Waals surface area contributed by atoms with E-state index in [-0.39, 0.29) is 0 Å². The first-order valence-corrected chi connectivity index (χ1v) is 6.33. The molecule has 0 aliphatic carbocycles. The lowest BCUT2D eigenvalue weighted by Gasteiger charge is -2.09. The van der Waals surface area contributed by atoms with Gasteiger partial charge in [-0.15, -0.1) is 0 Å². The lowest BCUT2D eigenvalue weighted by molar-refractivity contribution is 1.02. The van der Waals surface area contributed by atoms with Gasteiger partial charge in [0, 0.05) is 24.3 Å². The molecular formula is C15H16N4. The van der Waals surface area contributed by atoms with E-state index in [2.05, 4.69) is 44.8 Å². The van der Waals surface area contributed by atoms with E-state index in [9.17, 15) is 0 Å². The quantitative estimate of drug-likeness (QED) is 0.752. The molecule has 0 saturated heterocycles. The van der Waals surface area contributed by atoms with Crippen molar-refractivity contribution in [3.8, 4) is 0 Å². The number of rotatable bonds is 3. The van der Waals surface area contributed by atoms with E-state index in [0.717, 1.165) is 23.6 Å². The number of hydrogen-bond donors (Lipinski definition) is 2. The first-order chi connectivity index (χ1) is 9.25. The van der Waals surface area contributed by atoms with E-state index in [0.29, 0.717) is 0 Å². The van der Waals surface area contributed by atoms with E-state index in [1.54, 1.807) is 0 Å². The summed E-state index contributed by atoms with van der Waals surface area (Å²) in [6, 6.07) is 8.35. The molecule has 2 N–H and O–H groups in total. The monoisotopic (exact) mass is 252 g/mol. The maximum atomic E-state index is 4.19. The molecule has 0 atom stereocenters. The van der Waals surface area contributed by atoms with Crippen LogP contribution < -0.4 is 5.32 Å². The van der Waals surface area contributed by atoms with Gasteiger partial charge in [-0.25, -0.2) is 0 Å². The predicted molar refractivity (Wildman–Crippen MR) is 77.1 cm³/mol. The third-order valence-electron chi connectivity index (χ3n) is 3.35. The largest absolute Gasteiger partial charge is 0.378 e. The molecule has 2 heterocycles. The normalized spacial score (nSPS) is 10.8. The number of nitrogens with one attached hydrogen (secondary N) is 2. The molecule has 0 aliphatic heterocycles. The van der Waals surface area contributed by atoms with Crippen molar-refractivity contribution >= 4 is 16.5 Å². The maximum absolute atomic E-state index is 4.19. The molecular weight excluding hydrogens is 236 g/mol. The van der Waals surface area contributed by atoms with Crippen molar-refractivity contribution in [2.45, 2.75) is 20.4 Å². The molecule has 0 aliphatic rings. The average Bonchev–Trinajstić information content (AvgIpc) is 2.76. The lowest BCUT2D eigenvalue weighted by Crippen LogP contribution is -2.01. The number of aromatic nitrogens is 3. The molecule has 1 aromatic carbocycles. The Labute approximate surface area is 111 Å². The Morgan fingerprint density at radius 2 is 2.11 bits per heavy atom. The van der Waals surface area contributed by atoms with Crippen LogP contribution in [0.1, 0.15) is 17.0 Å². The molecule has 0 bridgehead atoms. The smallest absolute Gasteiger partial charge is 0.0825 e. The van der Waals surface area contributed by atoms with Gasteiger partial charge in [0.2, 0.25) is 0 Å². The molecule has 19 heavy (non-hydrogen) atoms. The Kier molecular flexibility index (Phi) is 2.91. The van der Waals surface area contributed by atoms with Gasteiger partial charge in [-0.2, -0.15) is 5.10 Å². The third-order valence-corrected chi connectivity index (χ3v) is 3.35. The highest BCUT2D eigenvalue weighted by Crippen LogP contribution is 2.21. The van der Waals surface area contributed by atoms with Gasteiger partial charge in [0.1, 0.15) is 0 Å². The highest BCUT2D eigenvalue weighted by atomic mass is 15.1. The summed E-state index contributed by atoms with van der Waals surface area (Å²) >= 11 is 0. The van der Waals surface area contributed by atoms with E-state index in [4.69, 9.17) is 0 Å². The summed E-state index contributed by atoms with van der Waals surface area (Å²) < 4.78 is 0. The number of hydrogen-bond acceptors (Lipinski definition) is 3. The molecule has 0 unspecified atom stereocenters. The van der Waals surface area contributed by atoms with Crippen molar-refractivity contribution < 1.29 is 0 Å². The van der Waals surface area contributed by atoms with Crippen LogP contribution in [0.5, 0.6) is 0 Å². The van der Waals surface area contributed by atoms with Gasteiger partial charge in [0.25, 0.3) is 0 Å². The number of fused-ring (bicyclic) bond motifs is 1. The van der Waals surface area contributed by atoms with Gasteiger partial charge in [-0.05, 0) is 30.9 Å². The van der Waals surface area contributed by atoms with Crippen LogP contribution in [0, 0.1) is 13.8 Å². The molecule has 0 fully saturated rings. The highest BCUT2D eigenvalue weighted by molar-refractivity contribution is 5.85. The van der Waals surface area contributed by atoms with Gasteiger partial charge >= 0.3 is 0 Å². The summed E-state index contributed by atoms with van der Waals surface area (Å²) in [7, 11) is 0. The summed E-state index contributed by atoms with van der Waals surface area (Å²) in [6.45, 7) is 4.80. The molecule has 0 radical (unpaired) electrons. The Balaban J connectivity index is 1.90. The average molecular weight is 252 g/mol. The van der Waals surface area contributed by atoms with Crippen LogP contribution in [-0.2, 0) is 6.54 Å². The number of benzene rings is 1. The van der Waals surface area contributed by atoms with E-state index in [1.807, 2.05) is 26.2 Å². The fourth-order valence-corrected chi connectivity index (χ4v) is 2.34. The van der Waals surface area contributed by atoms with Crippen molar-refractivity contribution in [2.24, 2.45) is 0 Å². The van der Waals surface area contributed by atoms with Crippen molar-refractivity contribution in [1.29, 1.82) is 0 Å². The molecule has 0 saturated carbocycles. The zero-order chi connectivity index (χ0) is 13.2. The molecule has 3 aromatic rings. The molecule has 96 valence electrons. The molecule has 0 amide bonds. The second-order valence-electron chi connectivity index (χ2n) is 4.68. The van der Waals surface area contributed by atoms with Gasteiger partial charge in [-0.3, -0.25) is 10.1 Å². The minimum Gasteiger partial charge on any atom is -0.378 e. The van der Waals surface area contributed by atoms with Gasteiger partial charge in [-0.1, -0.05) is 18.2 Å². The number of pyridine rings is 1. The van der Waals surface area contributed by atoms with Gasteiger partial charge in [0.15, 0.2) is 0 Å². The first kappa shape index (κ1) is 11.7. The number of aryl methyl sites for hydroxylation is 2. The minimum atomic E-state index is 0.780. The predicted octanol–water partition coefficient (Wildman–Crippen LogP) is 3.19. The van der Waals surface area contributed by atoms with Crippen molar-refractivity contribution in [3.63, 3.8) is 0 Å². The summed E-state index contributed by atoms with van der Waals surface area (Å²) in [4.78, 5) is 4.16.